The van der Waals surface area contributed by atoms with Crippen LogP contribution in [0, 0.1) is 11.8 Å². The third kappa shape index (κ3) is 2.95. The molecule has 2 aromatic rings. The highest BCUT2D eigenvalue weighted by molar-refractivity contribution is 6.28. The Bertz CT molecular complexity index is 765. The largest absolute Gasteiger partial charge is 0.382 e. The molecule has 3 aliphatic rings. The Morgan fingerprint density at radius 2 is 2.12 bits per heavy atom. The van der Waals surface area contributed by atoms with Crippen molar-refractivity contribution in [1.29, 1.82) is 0 Å². The number of hydrogen-bond donors (Lipinski definition) is 1. The molecule has 134 valence electrons. The Balaban J connectivity index is 1.66. The highest BCUT2D eigenvalue weighted by Crippen LogP contribution is 2.47. The lowest BCUT2D eigenvalue weighted by molar-refractivity contribution is -0.957. The van der Waals surface area contributed by atoms with Gasteiger partial charge >= 0.3 is 0 Å². The van der Waals surface area contributed by atoms with Crippen molar-refractivity contribution in [3.8, 4) is 0 Å². The number of aromatic nitrogens is 1. The minimum atomic E-state index is -0.480. The third-order valence-electron chi connectivity index (χ3n) is 6.57. The molecule has 2 unspecified atom stereocenters. The molecule has 0 spiro atoms. The highest BCUT2D eigenvalue weighted by atomic mass is 35.5. The summed E-state index contributed by atoms with van der Waals surface area (Å²) >= 11 is 12.5. The van der Waals surface area contributed by atoms with Crippen LogP contribution in [0.5, 0.6) is 0 Å². The molecule has 0 amide bonds. The first-order chi connectivity index (χ1) is 12.0. The van der Waals surface area contributed by atoms with Crippen LogP contribution in [0.3, 0.4) is 0 Å². The van der Waals surface area contributed by atoms with Gasteiger partial charge in [-0.25, -0.2) is 0 Å². The van der Waals surface area contributed by atoms with Gasteiger partial charge in [-0.15, -0.1) is 23.2 Å². The van der Waals surface area contributed by atoms with E-state index in [1.165, 1.54) is 6.42 Å². The van der Waals surface area contributed by atoms with Gasteiger partial charge in [0, 0.05) is 36.2 Å². The van der Waals surface area contributed by atoms with E-state index >= 15 is 0 Å². The number of para-hydroxylation sites is 1. The average molecular weight is 380 g/mol. The Labute approximate surface area is 159 Å². The van der Waals surface area contributed by atoms with Gasteiger partial charge in [-0.1, -0.05) is 18.2 Å². The van der Waals surface area contributed by atoms with Crippen molar-refractivity contribution in [2.45, 2.75) is 30.4 Å². The molecule has 0 radical (unpaired) electrons. The number of likely N-dealkylation sites (N-methyl/N-ethyl adjacent to an activating group) is 1. The molecule has 3 saturated heterocycles. The summed E-state index contributed by atoms with van der Waals surface area (Å²) in [6.45, 7) is 2.12. The van der Waals surface area contributed by atoms with Gasteiger partial charge in [-0.3, -0.25) is 4.98 Å². The van der Waals surface area contributed by atoms with Crippen molar-refractivity contribution in [3.63, 3.8) is 0 Å². The van der Waals surface area contributed by atoms with Gasteiger partial charge in [0.25, 0.3) is 0 Å². The fourth-order valence-electron chi connectivity index (χ4n) is 5.13. The van der Waals surface area contributed by atoms with Crippen LogP contribution >= 0.6 is 23.2 Å². The van der Waals surface area contributed by atoms with E-state index in [-0.39, 0.29) is 11.4 Å². The zero-order valence-corrected chi connectivity index (χ0v) is 16.0. The molecule has 3 aliphatic heterocycles. The molecule has 1 aromatic heterocycles. The molecule has 6 atom stereocenters. The summed E-state index contributed by atoms with van der Waals surface area (Å²) in [5.74, 6) is 1.52. The number of rotatable bonds is 4. The first-order valence-corrected chi connectivity index (χ1v) is 10.1. The Morgan fingerprint density at radius 3 is 2.88 bits per heavy atom. The molecule has 1 aromatic carbocycles. The van der Waals surface area contributed by atoms with Gasteiger partial charge in [-0.2, -0.15) is 0 Å². The minimum absolute atomic E-state index is 0.0317. The number of benzene rings is 1. The lowest BCUT2D eigenvalue weighted by Crippen LogP contribution is -2.67. The molecular weight excluding hydrogens is 355 g/mol. The third-order valence-corrected chi connectivity index (χ3v) is 7.54. The second-order valence-corrected chi connectivity index (χ2v) is 8.80. The molecule has 25 heavy (non-hydrogen) atoms. The maximum atomic E-state index is 11.3. The standard InChI is InChI=1S/C20H25Cl2N2O/c1-24-9-7-13(16(12-24)17(22)11-21)10-19(24)20(25)15-6-8-23-18-5-3-2-4-14(15)18/h2-6,8,13,16-17,19-20,25H,7,9-12H2,1H3/q+1/t13-,16-,17?,19-,20+,24?/m0/s1. The van der Waals surface area contributed by atoms with E-state index in [0.29, 0.717) is 17.7 Å². The van der Waals surface area contributed by atoms with E-state index in [9.17, 15) is 5.11 Å². The molecule has 0 aliphatic carbocycles. The van der Waals surface area contributed by atoms with E-state index in [1.807, 2.05) is 30.5 Å². The monoisotopic (exact) mass is 379 g/mol. The van der Waals surface area contributed by atoms with Crippen molar-refractivity contribution in [1.82, 2.24) is 4.98 Å². The zero-order chi connectivity index (χ0) is 17.6. The SMILES string of the molecule is C[N+]12CC[C@@H](C[C@H]1[C@H](O)c1ccnc3ccccc13)[C@@H](C(Cl)CCl)C2. The van der Waals surface area contributed by atoms with Crippen molar-refractivity contribution < 1.29 is 9.59 Å². The average Bonchev–Trinajstić information content (AvgIpc) is 2.66. The number of nitrogens with zero attached hydrogens (tertiary/aromatic N) is 2. The van der Waals surface area contributed by atoms with Gasteiger partial charge in [-0.05, 0) is 23.6 Å². The maximum absolute atomic E-state index is 11.3. The van der Waals surface area contributed by atoms with Crippen molar-refractivity contribution in [2.24, 2.45) is 11.8 Å². The number of aliphatic hydroxyl groups excluding tert-OH is 1. The number of aliphatic hydroxyl groups is 1. The first-order valence-electron chi connectivity index (χ1n) is 9.09. The minimum Gasteiger partial charge on any atom is -0.382 e. The molecule has 2 bridgehead atoms. The van der Waals surface area contributed by atoms with Crippen LogP contribution in [0.15, 0.2) is 36.5 Å². The lowest BCUT2D eigenvalue weighted by Gasteiger charge is -2.57. The topological polar surface area (TPSA) is 33.1 Å². The summed E-state index contributed by atoms with van der Waals surface area (Å²) in [5, 5.41) is 12.4. The van der Waals surface area contributed by atoms with E-state index < -0.39 is 6.10 Å². The fraction of sp³-hybridized carbons (Fsp3) is 0.550. The van der Waals surface area contributed by atoms with Gasteiger partial charge in [0.2, 0.25) is 0 Å². The molecule has 3 nitrogen and oxygen atoms in total. The molecular formula is C20H25Cl2N2O+. The molecule has 5 heteroatoms. The van der Waals surface area contributed by atoms with E-state index in [4.69, 9.17) is 23.2 Å². The number of piperidine rings is 3. The number of halogens is 2. The van der Waals surface area contributed by atoms with Crippen LogP contribution in [0.1, 0.15) is 24.5 Å². The van der Waals surface area contributed by atoms with Crippen LogP contribution < -0.4 is 0 Å². The van der Waals surface area contributed by atoms with Crippen LogP contribution in [0.4, 0.5) is 0 Å². The van der Waals surface area contributed by atoms with Crippen LogP contribution in [0.2, 0.25) is 0 Å². The van der Waals surface area contributed by atoms with Crippen molar-refractivity contribution >= 4 is 34.1 Å². The van der Waals surface area contributed by atoms with Gasteiger partial charge < -0.3 is 9.59 Å². The summed E-state index contributed by atoms with van der Waals surface area (Å²) in [6.07, 6.45) is 3.52. The van der Waals surface area contributed by atoms with Crippen molar-refractivity contribution in [3.05, 3.63) is 42.1 Å². The summed E-state index contributed by atoms with van der Waals surface area (Å²) in [6, 6.07) is 10.2. The predicted octanol–water partition coefficient (Wildman–Crippen LogP) is 3.97. The van der Waals surface area contributed by atoms with E-state index in [2.05, 4.69) is 18.1 Å². The normalized spacial score (nSPS) is 34.2. The zero-order valence-electron chi connectivity index (χ0n) is 14.5. The first kappa shape index (κ1) is 17.5. The Morgan fingerprint density at radius 1 is 1.32 bits per heavy atom. The summed E-state index contributed by atoms with van der Waals surface area (Å²) in [7, 11) is 2.28. The molecule has 3 fully saturated rings. The summed E-state index contributed by atoms with van der Waals surface area (Å²) in [4.78, 5) is 4.43. The Hall–Kier alpha value is -0.870. The van der Waals surface area contributed by atoms with Gasteiger partial charge in [0.15, 0.2) is 0 Å². The smallest absolute Gasteiger partial charge is 0.131 e. The second-order valence-electron chi connectivity index (χ2n) is 7.93. The highest BCUT2D eigenvalue weighted by Gasteiger charge is 2.53. The van der Waals surface area contributed by atoms with Gasteiger partial charge in [0.1, 0.15) is 12.1 Å². The fourth-order valence-corrected chi connectivity index (χ4v) is 5.65. The molecule has 4 heterocycles. The number of quaternary nitrogens is 1. The number of pyridine rings is 1. The number of fused-ring (bicyclic) bond motifs is 4. The summed E-state index contributed by atoms with van der Waals surface area (Å²) < 4.78 is 0.888. The summed E-state index contributed by atoms with van der Waals surface area (Å²) in [5.41, 5.74) is 1.94. The maximum Gasteiger partial charge on any atom is 0.131 e. The van der Waals surface area contributed by atoms with E-state index in [1.54, 1.807) is 0 Å². The lowest BCUT2D eigenvalue weighted by atomic mass is 9.70. The molecule has 1 N–H and O–H groups in total. The Kier molecular flexibility index (Phi) is 4.70. The molecule has 5 rings (SSSR count). The van der Waals surface area contributed by atoms with Crippen LogP contribution in [0.25, 0.3) is 10.9 Å². The van der Waals surface area contributed by atoms with E-state index in [0.717, 1.165) is 40.5 Å². The van der Waals surface area contributed by atoms with Crippen molar-refractivity contribution in [2.75, 3.05) is 26.0 Å². The van der Waals surface area contributed by atoms with Gasteiger partial charge in [0.05, 0.1) is 31.0 Å². The second kappa shape index (κ2) is 6.70. The van der Waals surface area contributed by atoms with Crippen LogP contribution in [-0.4, -0.2) is 52.0 Å². The van der Waals surface area contributed by atoms with Crippen LogP contribution in [-0.2, 0) is 0 Å². The molecule has 0 saturated carbocycles. The number of alkyl halides is 2. The number of hydrogen-bond acceptors (Lipinski definition) is 2. The quantitative estimate of drug-likeness (QED) is 0.643. The predicted molar refractivity (Wildman–Crippen MR) is 103 cm³/mol.